The van der Waals surface area contributed by atoms with Gasteiger partial charge >= 0.3 is 0 Å². The molecular weight excluding hydrogens is 374 g/mol. The lowest BCUT2D eigenvalue weighted by Crippen LogP contribution is -2.32. The molecule has 0 bridgehead atoms. The van der Waals surface area contributed by atoms with Crippen molar-refractivity contribution in [2.45, 2.75) is 35.5 Å². The molecule has 2 rings (SSSR count). The van der Waals surface area contributed by atoms with Crippen molar-refractivity contribution in [1.29, 1.82) is 0 Å². The summed E-state index contributed by atoms with van der Waals surface area (Å²) in [6, 6.07) is 5.46. The topological polar surface area (TPSA) is 110 Å². The van der Waals surface area contributed by atoms with E-state index >= 15 is 0 Å². The Bertz CT molecular complexity index is 730. The zero-order valence-corrected chi connectivity index (χ0v) is 15.8. The fraction of sp³-hybridized carbons (Fsp3) is 0.571. The molecule has 0 aromatic heterocycles. The van der Waals surface area contributed by atoms with Crippen LogP contribution in [0.3, 0.4) is 0 Å². The third-order valence-electron chi connectivity index (χ3n) is 3.76. The fourth-order valence-electron chi connectivity index (χ4n) is 2.51. The maximum absolute atomic E-state index is 12.7. The highest BCUT2D eigenvalue weighted by Gasteiger charge is 2.26. The van der Waals surface area contributed by atoms with E-state index in [9.17, 15) is 16.8 Å². The second kappa shape index (κ2) is 9.12. The average molecular weight is 398 g/mol. The van der Waals surface area contributed by atoms with E-state index in [2.05, 4.69) is 4.72 Å². The Kier molecular flexibility index (Phi) is 8.10. The van der Waals surface area contributed by atoms with Crippen LogP contribution in [0.15, 0.2) is 34.1 Å². The first-order valence-electron chi connectivity index (χ1n) is 7.68. The number of nitrogens with zero attached hydrogens (tertiary/aromatic N) is 1. The van der Waals surface area contributed by atoms with Crippen molar-refractivity contribution < 1.29 is 16.8 Å². The summed E-state index contributed by atoms with van der Waals surface area (Å²) in [6.07, 6.45) is 3.69. The predicted molar refractivity (Wildman–Crippen MR) is 95.2 cm³/mol. The van der Waals surface area contributed by atoms with Gasteiger partial charge in [0.2, 0.25) is 20.0 Å². The molecule has 138 valence electrons. The van der Waals surface area contributed by atoms with Crippen LogP contribution in [0.5, 0.6) is 0 Å². The van der Waals surface area contributed by atoms with Gasteiger partial charge in [-0.3, -0.25) is 0 Å². The Hall–Kier alpha value is -0.710. The van der Waals surface area contributed by atoms with Crippen molar-refractivity contribution in [3.8, 4) is 0 Å². The van der Waals surface area contributed by atoms with Gasteiger partial charge in [-0.05, 0) is 31.0 Å². The number of halogens is 1. The highest BCUT2D eigenvalue weighted by atomic mass is 35.5. The molecule has 10 heteroatoms. The Morgan fingerprint density at radius 3 is 2.17 bits per heavy atom. The van der Waals surface area contributed by atoms with E-state index in [-0.39, 0.29) is 35.3 Å². The minimum Gasteiger partial charge on any atom is -0.329 e. The van der Waals surface area contributed by atoms with Crippen molar-refractivity contribution in [2.75, 3.05) is 26.2 Å². The molecule has 1 fully saturated rings. The number of hydrogen-bond acceptors (Lipinski definition) is 5. The fourth-order valence-corrected chi connectivity index (χ4v) is 5.24. The summed E-state index contributed by atoms with van der Waals surface area (Å²) >= 11 is 0. The lowest BCUT2D eigenvalue weighted by Gasteiger charge is -2.20. The molecule has 0 unspecified atom stereocenters. The highest BCUT2D eigenvalue weighted by Crippen LogP contribution is 2.22. The maximum atomic E-state index is 12.7. The summed E-state index contributed by atoms with van der Waals surface area (Å²) in [5.74, 6) is 0. The second-order valence-corrected chi connectivity index (χ2v) is 9.18. The number of sulfonamides is 2. The molecule has 7 nitrogen and oxygen atoms in total. The molecule has 0 aliphatic carbocycles. The predicted octanol–water partition coefficient (Wildman–Crippen LogP) is 0.910. The van der Waals surface area contributed by atoms with Crippen molar-refractivity contribution in [1.82, 2.24) is 9.03 Å². The maximum Gasteiger partial charge on any atom is 0.243 e. The first kappa shape index (κ1) is 21.3. The second-order valence-electron chi connectivity index (χ2n) is 5.48. The number of rotatable bonds is 6. The number of nitrogens with one attached hydrogen (secondary N) is 1. The Morgan fingerprint density at radius 1 is 1.00 bits per heavy atom. The molecule has 0 atom stereocenters. The smallest absolute Gasteiger partial charge is 0.243 e. The van der Waals surface area contributed by atoms with Crippen molar-refractivity contribution in [3.05, 3.63) is 24.3 Å². The van der Waals surface area contributed by atoms with Gasteiger partial charge in [0.15, 0.2) is 0 Å². The minimum absolute atomic E-state index is 0. The van der Waals surface area contributed by atoms with E-state index < -0.39 is 20.0 Å². The van der Waals surface area contributed by atoms with Crippen LogP contribution in [0, 0.1) is 0 Å². The quantitative estimate of drug-likeness (QED) is 0.741. The molecule has 1 aliphatic rings. The van der Waals surface area contributed by atoms with Crippen molar-refractivity contribution in [3.63, 3.8) is 0 Å². The third kappa shape index (κ3) is 5.14. The summed E-state index contributed by atoms with van der Waals surface area (Å²) in [5.41, 5.74) is 5.30. The Morgan fingerprint density at radius 2 is 1.58 bits per heavy atom. The van der Waals surface area contributed by atoms with Crippen LogP contribution in [-0.2, 0) is 20.0 Å². The summed E-state index contributed by atoms with van der Waals surface area (Å²) in [4.78, 5) is -0.0585. The van der Waals surface area contributed by atoms with Crippen LogP contribution in [0.1, 0.15) is 25.7 Å². The van der Waals surface area contributed by atoms with E-state index in [1.54, 1.807) is 0 Å². The molecular formula is C14H24ClN3O4S2. The van der Waals surface area contributed by atoms with Crippen molar-refractivity contribution in [2.24, 2.45) is 5.73 Å². The van der Waals surface area contributed by atoms with E-state index in [1.807, 2.05) is 0 Å². The van der Waals surface area contributed by atoms with E-state index in [0.29, 0.717) is 13.1 Å². The molecule has 1 saturated heterocycles. The third-order valence-corrected chi connectivity index (χ3v) is 7.11. The normalized spacial score (nSPS) is 17.0. The van der Waals surface area contributed by atoms with E-state index in [1.165, 1.54) is 28.6 Å². The first-order chi connectivity index (χ1) is 10.9. The molecule has 3 N–H and O–H groups in total. The van der Waals surface area contributed by atoms with Crippen LogP contribution in [0.2, 0.25) is 0 Å². The number of benzene rings is 1. The molecule has 1 aromatic rings. The van der Waals surface area contributed by atoms with E-state index in [4.69, 9.17) is 5.73 Å². The zero-order chi connectivity index (χ0) is 16.9. The van der Waals surface area contributed by atoms with Crippen molar-refractivity contribution >= 4 is 32.5 Å². The molecule has 1 aromatic carbocycles. The molecule has 1 aliphatic heterocycles. The van der Waals surface area contributed by atoms with Crippen LogP contribution in [0.4, 0.5) is 0 Å². The molecule has 0 saturated carbocycles. The average Bonchev–Trinajstić information content (AvgIpc) is 2.83. The van der Waals surface area contributed by atoms with Gasteiger partial charge < -0.3 is 5.73 Å². The van der Waals surface area contributed by atoms with Gasteiger partial charge in [-0.1, -0.05) is 18.9 Å². The summed E-state index contributed by atoms with van der Waals surface area (Å²) < 4.78 is 53.5. The minimum atomic E-state index is -3.76. The van der Waals surface area contributed by atoms with Gasteiger partial charge in [-0.15, -0.1) is 12.4 Å². The molecule has 1 heterocycles. The first-order valence-corrected chi connectivity index (χ1v) is 10.6. The van der Waals surface area contributed by atoms with Crippen LogP contribution >= 0.6 is 12.4 Å². The van der Waals surface area contributed by atoms with Gasteiger partial charge in [0.1, 0.15) is 0 Å². The standard InChI is InChI=1S/C14H23N3O4S2.ClH/c15-8-9-16-22(18,19)13-6-5-7-14(12-13)23(20,21)17-10-3-1-2-4-11-17;/h5-7,12,16H,1-4,8-11,15H2;1H. The molecule has 0 radical (unpaired) electrons. The van der Waals surface area contributed by atoms with E-state index in [0.717, 1.165) is 25.7 Å². The summed E-state index contributed by atoms with van der Waals surface area (Å²) in [6.45, 7) is 1.23. The molecule has 0 amide bonds. The molecule has 0 spiro atoms. The Labute approximate surface area is 150 Å². The van der Waals surface area contributed by atoms with Gasteiger partial charge in [-0.25, -0.2) is 21.6 Å². The number of hydrogen-bond donors (Lipinski definition) is 2. The van der Waals surface area contributed by atoms with Crippen LogP contribution in [0.25, 0.3) is 0 Å². The Balaban J connectivity index is 0.00000288. The summed E-state index contributed by atoms with van der Waals surface area (Å²) in [5, 5.41) is 0. The largest absolute Gasteiger partial charge is 0.329 e. The van der Waals surface area contributed by atoms with Gasteiger partial charge in [0.25, 0.3) is 0 Å². The molecule has 24 heavy (non-hydrogen) atoms. The lowest BCUT2D eigenvalue weighted by molar-refractivity contribution is 0.423. The van der Waals surface area contributed by atoms with Crippen LogP contribution in [-0.4, -0.2) is 47.3 Å². The number of nitrogens with two attached hydrogens (primary N) is 1. The van der Waals surface area contributed by atoms with Crippen LogP contribution < -0.4 is 10.5 Å². The van der Waals surface area contributed by atoms with Gasteiger partial charge in [-0.2, -0.15) is 4.31 Å². The highest BCUT2D eigenvalue weighted by molar-refractivity contribution is 7.90. The van der Waals surface area contributed by atoms with Gasteiger partial charge in [0.05, 0.1) is 9.79 Å². The lowest BCUT2D eigenvalue weighted by atomic mass is 10.2. The zero-order valence-electron chi connectivity index (χ0n) is 13.3. The monoisotopic (exact) mass is 397 g/mol. The summed E-state index contributed by atoms with van der Waals surface area (Å²) in [7, 11) is -7.43. The van der Waals surface area contributed by atoms with Gasteiger partial charge in [0, 0.05) is 26.2 Å². The SMILES string of the molecule is Cl.NCCNS(=O)(=O)c1cccc(S(=O)(=O)N2CCCCCC2)c1.